The van der Waals surface area contributed by atoms with Crippen molar-refractivity contribution in [2.75, 3.05) is 20.6 Å². The molecule has 5 nitrogen and oxygen atoms in total. The van der Waals surface area contributed by atoms with E-state index in [1.165, 1.54) is 5.56 Å². The van der Waals surface area contributed by atoms with Crippen molar-refractivity contribution in [2.24, 2.45) is 0 Å². The fraction of sp³-hybridized carbons (Fsp3) is 0.273. The van der Waals surface area contributed by atoms with Crippen LogP contribution in [0.3, 0.4) is 0 Å². The summed E-state index contributed by atoms with van der Waals surface area (Å²) >= 11 is 1.54. The van der Waals surface area contributed by atoms with E-state index in [4.69, 9.17) is 4.74 Å². The van der Waals surface area contributed by atoms with Gasteiger partial charge in [0, 0.05) is 23.5 Å². The lowest BCUT2D eigenvalue weighted by Gasteiger charge is -2.24. The Morgan fingerprint density at radius 3 is 2.54 bits per heavy atom. The number of likely N-dealkylation sites (N-methyl/N-ethyl adjacent to an activating group) is 1. The first-order chi connectivity index (χ1) is 13.6. The van der Waals surface area contributed by atoms with Crippen molar-refractivity contribution >= 4 is 17.2 Å². The number of hydrogen-bond acceptors (Lipinski definition) is 5. The second-order valence-electron chi connectivity index (χ2n) is 6.81. The average Bonchev–Trinajstić information content (AvgIpc) is 3.24. The van der Waals surface area contributed by atoms with Gasteiger partial charge >= 0.3 is 0 Å². The minimum atomic E-state index is -0.0778. The van der Waals surface area contributed by atoms with Gasteiger partial charge in [-0.1, -0.05) is 30.3 Å². The molecular weight excluding hydrogens is 370 g/mol. The summed E-state index contributed by atoms with van der Waals surface area (Å²) in [4.78, 5) is 18.8. The third-order valence-electron chi connectivity index (χ3n) is 4.53. The van der Waals surface area contributed by atoms with Crippen LogP contribution in [0.5, 0.6) is 5.75 Å². The number of carbonyl (C=O) groups is 1. The SMILES string of the molecule is CN(C)C(CNC(=O)c1ccc(OCc2cscn2)cc1)Cc1ccccc1. The van der Waals surface area contributed by atoms with Crippen LogP contribution in [0.2, 0.25) is 0 Å². The molecule has 0 saturated carbocycles. The summed E-state index contributed by atoms with van der Waals surface area (Å²) in [5.74, 6) is 0.644. The number of benzene rings is 2. The van der Waals surface area contributed by atoms with Crippen LogP contribution in [0.25, 0.3) is 0 Å². The number of ether oxygens (including phenoxy) is 1. The zero-order valence-corrected chi connectivity index (χ0v) is 17.0. The molecule has 146 valence electrons. The molecule has 3 rings (SSSR count). The summed E-state index contributed by atoms with van der Waals surface area (Å²) in [5, 5.41) is 5.00. The van der Waals surface area contributed by atoms with Crippen molar-refractivity contribution in [3.8, 4) is 5.75 Å². The Kier molecular flexibility index (Phi) is 7.17. The molecule has 0 saturated heterocycles. The zero-order valence-electron chi connectivity index (χ0n) is 16.2. The standard InChI is InChI=1S/C22H25N3O2S/c1-25(2)20(12-17-6-4-3-5-7-17)13-23-22(26)18-8-10-21(11-9-18)27-14-19-15-28-16-24-19/h3-11,15-16,20H,12-14H2,1-2H3,(H,23,26). The van der Waals surface area contributed by atoms with Gasteiger partial charge in [-0.15, -0.1) is 11.3 Å². The average molecular weight is 396 g/mol. The molecule has 1 heterocycles. The molecule has 0 radical (unpaired) electrons. The van der Waals surface area contributed by atoms with Crippen LogP contribution in [0.4, 0.5) is 0 Å². The summed E-state index contributed by atoms with van der Waals surface area (Å²) in [7, 11) is 4.07. The van der Waals surface area contributed by atoms with Crippen LogP contribution in [0.15, 0.2) is 65.5 Å². The number of carbonyl (C=O) groups excluding carboxylic acids is 1. The minimum absolute atomic E-state index is 0.0778. The van der Waals surface area contributed by atoms with Crippen molar-refractivity contribution in [3.05, 3.63) is 82.3 Å². The lowest BCUT2D eigenvalue weighted by Crippen LogP contribution is -2.41. The van der Waals surface area contributed by atoms with Crippen LogP contribution in [-0.4, -0.2) is 42.5 Å². The Balaban J connectivity index is 1.51. The van der Waals surface area contributed by atoms with Gasteiger partial charge in [0.2, 0.25) is 0 Å². The van der Waals surface area contributed by atoms with Crippen molar-refractivity contribution in [3.63, 3.8) is 0 Å². The van der Waals surface area contributed by atoms with E-state index in [0.717, 1.165) is 17.9 Å². The number of aromatic nitrogens is 1. The predicted molar refractivity (Wildman–Crippen MR) is 113 cm³/mol. The van der Waals surface area contributed by atoms with Gasteiger partial charge in [0.1, 0.15) is 12.4 Å². The van der Waals surface area contributed by atoms with Crippen LogP contribution < -0.4 is 10.1 Å². The summed E-state index contributed by atoms with van der Waals surface area (Å²) in [5.41, 5.74) is 4.57. The van der Waals surface area contributed by atoms with Crippen LogP contribution in [0.1, 0.15) is 21.6 Å². The largest absolute Gasteiger partial charge is 0.487 e. The molecule has 1 atom stereocenters. The van der Waals surface area contributed by atoms with Gasteiger partial charge in [0.25, 0.3) is 5.91 Å². The Hall–Kier alpha value is -2.70. The Morgan fingerprint density at radius 1 is 1.14 bits per heavy atom. The number of rotatable bonds is 9. The Morgan fingerprint density at radius 2 is 1.89 bits per heavy atom. The molecule has 1 amide bonds. The summed E-state index contributed by atoms with van der Waals surface area (Å²) in [6.45, 7) is 1.02. The molecule has 0 spiro atoms. The Bertz CT molecular complexity index is 849. The molecule has 28 heavy (non-hydrogen) atoms. The molecular formula is C22H25N3O2S. The van der Waals surface area contributed by atoms with Gasteiger partial charge in [-0.05, 0) is 50.3 Å². The summed E-state index contributed by atoms with van der Waals surface area (Å²) in [6, 6.07) is 17.8. The van der Waals surface area contributed by atoms with E-state index in [0.29, 0.717) is 18.7 Å². The molecule has 1 unspecified atom stereocenters. The number of hydrogen-bond donors (Lipinski definition) is 1. The first-order valence-corrected chi connectivity index (χ1v) is 10.1. The monoisotopic (exact) mass is 395 g/mol. The van der Waals surface area contributed by atoms with Crippen LogP contribution >= 0.6 is 11.3 Å². The molecule has 1 aromatic heterocycles. The molecule has 0 aliphatic heterocycles. The minimum Gasteiger partial charge on any atom is -0.487 e. The maximum atomic E-state index is 12.5. The van der Waals surface area contributed by atoms with Crippen molar-refractivity contribution in [1.29, 1.82) is 0 Å². The second kappa shape index (κ2) is 10.0. The fourth-order valence-electron chi connectivity index (χ4n) is 2.80. The van der Waals surface area contributed by atoms with Gasteiger partial charge in [-0.3, -0.25) is 4.79 Å². The van der Waals surface area contributed by atoms with Gasteiger partial charge in [-0.2, -0.15) is 0 Å². The van der Waals surface area contributed by atoms with E-state index in [1.54, 1.807) is 29.0 Å². The van der Waals surface area contributed by atoms with E-state index in [-0.39, 0.29) is 11.9 Å². The highest BCUT2D eigenvalue weighted by atomic mass is 32.1. The highest BCUT2D eigenvalue weighted by molar-refractivity contribution is 7.07. The zero-order chi connectivity index (χ0) is 19.8. The highest BCUT2D eigenvalue weighted by Gasteiger charge is 2.14. The maximum absolute atomic E-state index is 12.5. The quantitative estimate of drug-likeness (QED) is 0.601. The number of amides is 1. The van der Waals surface area contributed by atoms with E-state index in [1.807, 2.05) is 49.8 Å². The van der Waals surface area contributed by atoms with E-state index >= 15 is 0 Å². The molecule has 0 aliphatic rings. The van der Waals surface area contributed by atoms with Crippen molar-refractivity contribution in [1.82, 2.24) is 15.2 Å². The molecule has 0 bridgehead atoms. The van der Waals surface area contributed by atoms with Crippen LogP contribution in [0, 0.1) is 0 Å². The summed E-state index contributed by atoms with van der Waals surface area (Å²) in [6.07, 6.45) is 0.886. The van der Waals surface area contributed by atoms with E-state index < -0.39 is 0 Å². The third kappa shape index (κ3) is 5.90. The maximum Gasteiger partial charge on any atom is 0.251 e. The predicted octanol–water partition coefficient (Wildman–Crippen LogP) is 3.62. The molecule has 2 aromatic carbocycles. The number of nitrogens with zero attached hydrogens (tertiary/aromatic N) is 2. The van der Waals surface area contributed by atoms with Crippen LogP contribution in [-0.2, 0) is 13.0 Å². The van der Waals surface area contributed by atoms with E-state index in [9.17, 15) is 4.79 Å². The van der Waals surface area contributed by atoms with Gasteiger partial charge in [0.05, 0.1) is 11.2 Å². The highest BCUT2D eigenvalue weighted by Crippen LogP contribution is 2.14. The van der Waals surface area contributed by atoms with Gasteiger partial charge in [-0.25, -0.2) is 4.98 Å². The number of nitrogens with one attached hydrogen (secondary N) is 1. The second-order valence-corrected chi connectivity index (χ2v) is 7.53. The lowest BCUT2D eigenvalue weighted by molar-refractivity contribution is 0.0941. The topological polar surface area (TPSA) is 54.5 Å². The first-order valence-electron chi connectivity index (χ1n) is 9.20. The van der Waals surface area contributed by atoms with Crippen molar-refractivity contribution < 1.29 is 9.53 Å². The van der Waals surface area contributed by atoms with E-state index in [2.05, 4.69) is 27.3 Å². The smallest absolute Gasteiger partial charge is 0.251 e. The summed E-state index contributed by atoms with van der Waals surface area (Å²) < 4.78 is 5.69. The number of thiazole rings is 1. The first kappa shape index (κ1) is 20.0. The normalized spacial score (nSPS) is 12.0. The fourth-order valence-corrected chi connectivity index (χ4v) is 3.35. The molecule has 6 heteroatoms. The van der Waals surface area contributed by atoms with Crippen molar-refractivity contribution in [2.45, 2.75) is 19.1 Å². The molecule has 0 aliphatic carbocycles. The Labute approximate surface area is 170 Å². The van der Waals surface area contributed by atoms with Gasteiger partial charge < -0.3 is 15.0 Å². The molecule has 3 aromatic rings. The lowest BCUT2D eigenvalue weighted by atomic mass is 10.0. The van der Waals surface area contributed by atoms with Gasteiger partial charge in [0.15, 0.2) is 0 Å². The molecule has 1 N–H and O–H groups in total. The third-order valence-corrected chi connectivity index (χ3v) is 5.16. The molecule has 0 fully saturated rings.